The maximum atomic E-state index is 12.1. The van der Waals surface area contributed by atoms with Crippen molar-refractivity contribution in [3.8, 4) is 0 Å². The van der Waals surface area contributed by atoms with Crippen LogP contribution < -0.4 is 10.6 Å². The van der Waals surface area contributed by atoms with E-state index < -0.39 is 0 Å². The molecule has 214 valence electrons. The highest BCUT2D eigenvalue weighted by Gasteiger charge is 2.04. The highest BCUT2D eigenvalue weighted by molar-refractivity contribution is 8.76. The zero-order valence-corrected chi connectivity index (χ0v) is 24.8. The second-order valence-electron chi connectivity index (χ2n) is 8.97. The number of amides is 1. The van der Waals surface area contributed by atoms with Gasteiger partial charge in [0.1, 0.15) is 5.94 Å². The molecule has 2 N–H and O–H groups in total. The van der Waals surface area contributed by atoms with E-state index in [1.54, 1.807) is 21.6 Å². The number of nitrogens with one attached hydrogen (secondary N) is 2. The third kappa shape index (κ3) is 22.8. The lowest BCUT2D eigenvalue weighted by Gasteiger charge is -2.09. The van der Waals surface area contributed by atoms with Crippen molar-refractivity contribution < 1.29 is 28.5 Å². The first-order valence-corrected chi connectivity index (χ1v) is 15.6. The average Bonchev–Trinajstić information content (AvgIpc) is 2.86. The van der Waals surface area contributed by atoms with Crippen LogP contribution in [0.1, 0.15) is 46.1 Å². The van der Waals surface area contributed by atoms with Crippen LogP contribution in [0, 0.1) is 0 Å². The summed E-state index contributed by atoms with van der Waals surface area (Å²) in [4.78, 5) is 13.3. The molecule has 37 heavy (non-hydrogen) atoms. The van der Waals surface area contributed by atoms with Gasteiger partial charge in [0.2, 0.25) is 5.91 Å². The molecule has 0 unspecified atom stereocenters. The van der Waals surface area contributed by atoms with Gasteiger partial charge in [-0.15, -0.1) is 0 Å². The molecule has 0 aromatic heterocycles. The molecule has 1 amide bonds. The summed E-state index contributed by atoms with van der Waals surface area (Å²) in [6, 6.07) is 8.55. The molecule has 10 heteroatoms. The van der Waals surface area contributed by atoms with E-state index in [-0.39, 0.29) is 5.91 Å². The van der Waals surface area contributed by atoms with Crippen LogP contribution in [0.15, 0.2) is 29.2 Å². The number of ether oxygens (including phenoxy) is 5. The van der Waals surface area contributed by atoms with Gasteiger partial charge in [-0.1, -0.05) is 47.6 Å². The summed E-state index contributed by atoms with van der Waals surface area (Å²) in [5.41, 5.74) is 0.989. The minimum atomic E-state index is -0.00840. The largest absolute Gasteiger partial charge is 0.379 e. The molecule has 8 nitrogen and oxygen atoms in total. The molecule has 0 aliphatic carbocycles. The van der Waals surface area contributed by atoms with E-state index in [1.165, 1.54) is 0 Å². The molecule has 0 radical (unpaired) electrons. The van der Waals surface area contributed by atoms with Gasteiger partial charge in [0.05, 0.1) is 52.2 Å². The lowest BCUT2D eigenvalue weighted by atomic mass is 10.1. The standard InChI is InChI=1S/C27H48N2O6S2/c1-23(2)28-11-15-31-17-19-33-20-18-32-16-12-29-27(30)21-25-7-9-26(10-8-25)37-36-22-34-13-5-6-14-35-24(3)4/h7-10,23-24,28H,5-6,11-22H2,1-4H3,(H,29,30). The summed E-state index contributed by atoms with van der Waals surface area (Å²) in [5, 5.41) is 6.19. The average molecular weight is 561 g/mol. The first kappa shape index (κ1) is 34.2. The molecule has 0 atom stereocenters. The first-order valence-electron chi connectivity index (χ1n) is 13.3. The van der Waals surface area contributed by atoms with E-state index in [9.17, 15) is 4.79 Å². The minimum Gasteiger partial charge on any atom is -0.379 e. The summed E-state index contributed by atoms with van der Waals surface area (Å²) in [6.45, 7) is 14.5. The molecule has 0 saturated carbocycles. The molecular formula is C27H48N2O6S2. The third-order valence-electron chi connectivity index (χ3n) is 4.82. The van der Waals surface area contributed by atoms with Gasteiger partial charge in [-0.25, -0.2) is 0 Å². The molecule has 0 aliphatic rings. The van der Waals surface area contributed by atoms with Crippen molar-refractivity contribution in [1.29, 1.82) is 0 Å². The first-order chi connectivity index (χ1) is 18.0. The van der Waals surface area contributed by atoms with Crippen molar-refractivity contribution in [2.24, 2.45) is 0 Å². The van der Waals surface area contributed by atoms with Gasteiger partial charge in [-0.3, -0.25) is 4.79 Å². The number of rotatable bonds is 25. The molecule has 1 aromatic carbocycles. The van der Waals surface area contributed by atoms with Crippen molar-refractivity contribution >= 4 is 27.5 Å². The molecule has 0 saturated heterocycles. The Bertz CT molecular complexity index is 665. The zero-order chi connectivity index (χ0) is 27.0. The molecule has 1 aromatic rings. The van der Waals surface area contributed by atoms with E-state index in [4.69, 9.17) is 23.7 Å². The van der Waals surface area contributed by atoms with Gasteiger partial charge in [-0.05, 0) is 44.4 Å². The van der Waals surface area contributed by atoms with Crippen molar-refractivity contribution in [3.63, 3.8) is 0 Å². The quantitative estimate of drug-likeness (QED) is 0.103. The van der Waals surface area contributed by atoms with Gasteiger partial charge in [0.25, 0.3) is 0 Å². The van der Waals surface area contributed by atoms with Gasteiger partial charge < -0.3 is 34.3 Å². The Labute approximate surface area is 232 Å². The van der Waals surface area contributed by atoms with Crippen LogP contribution in [0.25, 0.3) is 0 Å². The fourth-order valence-electron chi connectivity index (χ4n) is 2.95. The number of hydrogen-bond acceptors (Lipinski definition) is 9. The Balaban J connectivity index is 1.93. The summed E-state index contributed by atoms with van der Waals surface area (Å²) >= 11 is 0. The maximum absolute atomic E-state index is 12.1. The van der Waals surface area contributed by atoms with E-state index in [1.807, 2.05) is 24.3 Å². The van der Waals surface area contributed by atoms with Crippen molar-refractivity contribution in [1.82, 2.24) is 10.6 Å². The lowest BCUT2D eigenvalue weighted by molar-refractivity contribution is -0.120. The second kappa shape index (κ2) is 24.2. The Morgan fingerprint density at radius 1 is 0.784 bits per heavy atom. The second-order valence-corrected chi connectivity index (χ2v) is 11.3. The Morgan fingerprint density at radius 3 is 2.05 bits per heavy atom. The van der Waals surface area contributed by atoms with Crippen molar-refractivity contribution in [3.05, 3.63) is 29.8 Å². The van der Waals surface area contributed by atoms with Gasteiger partial charge in [-0.2, -0.15) is 0 Å². The maximum Gasteiger partial charge on any atom is 0.224 e. The normalized spacial score (nSPS) is 11.5. The fraction of sp³-hybridized carbons (Fsp3) is 0.741. The van der Waals surface area contributed by atoms with Crippen LogP contribution >= 0.6 is 21.6 Å². The van der Waals surface area contributed by atoms with E-state index in [2.05, 4.69) is 38.3 Å². The Kier molecular flexibility index (Phi) is 22.4. The molecular weight excluding hydrogens is 512 g/mol. The Morgan fingerprint density at radius 2 is 1.41 bits per heavy atom. The SMILES string of the molecule is CC(C)NCCOCCOCCOCCNC(=O)Cc1ccc(SSCOCCCCOC(C)C)cc1. The number of carbonyl (C=O) groups is 1. The smallest absolute Gasteiger partial charge is 0.224 e. The number of carbonyl (C=O) groups excluding carboxylic acids is 1. The van der Waals surface area contributed by atoms with Crippen LogP contribution in [0.4, 0.5) is 0 Å². The number of unbranched alkanes of at least 4 members (excludes halogenated alkanes) is 1. The van der Waals surface area contributed by atoms with Gasteiger partial charge in [0.15, 0.2) is 0 Å². The van der Waals surface area contributed by atoms with Crippen LogP contribution in [-0.4, -0.2) is 89.9 Å². The van der Waals surface area contributed by atoms with Crippen LogP contribution in [0.2, 0.25) is 0 Å². The van der Waals surface area contributed by atoms with Crippen molar-refractivity contribution in [2.45, 2.75) is 64.0 Å². The molecule has 0 fully saturated rings. The topological polar surface area (TPSA) is 87.3 Å². The predicted octanol–water partition coefficient (Wildman–Crippen LogP) is 4.31. The monoisotopic (exact) mass is 560 g/mol. The summed E-state index contributed by atoms with van der Waals surface area (Å²) in [7, 11) is 3.36. The molecule has 0 heterocycles. The summed E-state index contributed by atoms with van der Waals surface area (Å²) in [5.74, 6) is 0.643. The van der Waals surface area contributed by atoms with Crippen LogP contribution in [0.5, 0.6) is 0 Å². The third-order valence-corrected chi connectivity index (χ3v) is 6.89. The Hall–Kier alpha value is -0.850. The molecule has 0 bridgehead atoms. The zero-order valence-electron chi connectivity index (χ0n) is 23.1. The van der Waals surface area contributed by atoms with Gasteiger partial charge in [0, 0.05) is 37.2 Å². The fourth-order valence-corrected chi connectivity index (χ4v) is 4.65. The lowest BCUT2D eigenvalue weighted by Crippen LogP contribution is -2.29. The van der Waals surface area contributed by atoms with E-state index in [0.717, 1.165) is 43.1 Å². The highest BCUT2D eigenvalue weighted by atomic mass is 33.1. The van der Waals surface area contributed by atoms with Crippen LogP contribution in [0.3, 0.4) is 0 Å². The summed E-state index contributed by atoms with van der Waals surface area (Å²) < 4.78 is 27.6. The van der Waals surface area contributed by atoms with E-state index >= 15 is 0 Å². The molecule has 1 rings (SSSR count). The predicted molar refractivity (Wildman–Crippen MR) is 153 cm³/mol. The highest BCUT2D eigenvalue weighted by Crippen LogP contribution is 2.31. The molecule has 0 aliphatic heterocycles. The van der Waals surface area contributed by atoms with Crippen molar-refractivity contribution in [2.75, 3.05) is 71.9 Å². The van der Waals surface area contributed by atoms with Gasteiger partial charge >= 0.3 is 0 Å². The van der Waals surface area contributed by atoms with Crippen LogP contribution in [-0.2, 0) is 34.9 Å². The number of hydrogen-bond donors (Lipinski definition) is 2. The molecule has 0 spiro atoms. The minimum absolute atomic E-state index is 0.00840. The summed E-state index contributed by atoms with van der Waals surface area (Å²) in [6.07, 6.45) is 2.70. The van der Waals surface area contributed by atoms with E-state index in [0.29, 0.717) is 70.7 Å². The number of benzene rings is 1.